The van der Waals surface area contributed by atoms with Gasteiger partial charge in [-0.3, -0.25) is 0 Å². The first kappa shape index (κ1) is 11.5. The zero-order valence-electron chi connectivity index (χ0n) is 10.5. The fourth-order valence-electron chi connectivity index (χ4n) is 2.56. The Morgan fingerprint density at radius 2 is 2.16 bits per heavy atom. The Morgan fingerprint density at radius 3 is 3.00 bits per heavy atom. The number of nitrogens with two attached hydrogens (primary N) is 1. The van der Waals surface area contributed by atoms with Gasteiger partial charge in [0.2, 0.25) is 5.89 Å². The molecule has 98 valence electrons. The smallest absolute Gasteiger partial charge is 0.229 e. The molecule has 2 aliphatic rings. The Balaban J connectivity index is 1.80. The number of aromatic nitrogens is 2. The van der Waals surface area contributed by atoms with Crippen LogP contribution in [0.3, 0.4) is 0 Å². The van der Waals surface area contributed by atoms with Crippen molar-refractivity contribution in [2.75, 3.05) is 5.75 Å². The van der Waals surface area contributed by atoms with Crippen molar-refractivity contribution in [3.63, 3.8) is 0 Å². The summed E-state index contributed by atoms with van der Waals surface area (Å²) in [4.78, 5) is 5.79. The molecule has 0 bridgehead atoms. The molecule has 1 aliphatic heterocycles. The molecular weight excluding hydrogens is 258 g/mol. The van der Waals surface area contributed by atoms with E-state index in [1.165, 1.54) is 4.90 Å². The summed E-state index contributed by atoms with van der Waals surface area (Å²) < 4.78 is 5.37. The van der Waals surface area contributed by atoms with Crippen LogP contribution in [0, 0.1) is 0 Å². The van der Waals surface area contributed by atoms with E-state index in [1.54, 1.807) is 0 Å². The van der Waals surface area contributed by atoms with Crippen LogP contribution in [0.1, 0.15) is 42.5 Å². The van der Waals surface area contributed by atoms with Gasteiger partial charge >= 0.3 is 0 Å². The van der Waals surface area contributed by atoms with Gasteiger partial charge in [-0.05, 0) is 30.9 Å². The van der Waals surface area contributed by atoms with Crippen molar-refractivity contribution in [2.45, 2.75) is 35.6 Å². The lowest BCUT2D eigenvalue weighted by Crippen LogP contribution is -2.42. The quantitative estimate of drug-likeness (QED) is 0.911. The van der Waals surface area contributed by atoms with Crippen LogP contribution in [0.15, 0.2) is 33.7 Å². The second-order valence-electron chi connectivity index (χ2n) is 5.30. The Bertz CT molecular complexity index is 623. The van der Waals surface area contributed by atoms with Crippen LogP contribution >= 0.6 is 11.8 Å². The number of fused-ring (bicyclic) bond motifs is 1. The van der Waals surface area contributed by atoms with Gasteiger partial charge in [0.1, 0.15) is 5.54 Å². The van der Waals surface area contributed by atoms with Crippen LogP contribution in [-0.2, 0) is 5.54 Å². The average Bonchev–Trinajstić information content (AvgIpc) is 3.16. The first-order valence-electron chi connectivity index (χ1n) is 6.63. The third kappa shape index (κ3) is 1.80. The molecule has 1 atom stereocenters. The molecule has 0 radical (unpaired) electrons. The third-order valence-electron chi connectivity index (χ3n) is 3.89. The Labute approximate surface area is 115 Å². The Morgan fingerprint density at radius 1 is 1.32 bits per heavy atom. The molecule has 1 aromatic carbocycles. The molecule has 1 saturated carbocycles. The molecule has 2 heterocycles. The fraction of sp³-hybridized carbons (Fsp3) is 0.429. The van der Waals surface area contributed by atoms with Crippen molar-refractivity contribution < 1.29 is 4.52 Å². The summed E-state index contributed by atoms with van der Waals surface area (Å²) in [5.74, 6) is 2.86. The summed E-state index contributed by atoms with van der Waals surface area (Å²) in [5, 5.41) is 4.15. The van der Waals surface area contributed by atoms with E-state index >= 15 is 0 Å². The van der Waals surface area contributed by atoms with Gasteiger partial charge in [-0.1, -0.05) is 23.4 Å². The van der Waals surface area contributed by atoms with Crippen molar-refractivity contribution in [1.82, 2.24) is 10.1 Å². The average molecular weight is 273 g/mol. The predicted octanol–water partition coefficient (Wildman–Crippen LogP) is 2.65. The zero-order valence-corrected chi connectivity index (χ0v) is 11.3. The minimum atomic E-state index is -0.599. The maximum atomic E-state index is 6.63. The van der Waals surface area contributed by atoms with Crippen LogP contribution in [-0.4, -0.2) is 15.9 Å². The summed E-state index contributed by atoms with van der Waals surface area (Å²) in [7, 11) is 0. The topological polar surface area (TPSA) is 64.9 Å². The lowest BCUT2D eigenvalue weighted by Gasteiger charge is -2.32. The number of nitrogens with zero attached hydrogens (tertiary/aromatic N) is 2. The fourth-order valence-corrected chi connectivity index (χ4v) is 3.79. The normalized spacial score (nSPS) is 26.2. The molecule has 1 unspecified atom stereocenters. The minimum Gasteiger partial charge on any atom is -0.339 e. The largest absolute Gasteiger partial charge is 0.339 e. The number of benzene rings is 1. The van der Waals surface area contributed by atoms with Crippen LogP contribution in [0.25, 0.3) is 0 Å². The highest BCUT2D eigenvalue weighted by Gasteiger charge is 2.40. The molecule has 4 nitrogen and oxygen atoms in total. The van der Waals surface area contributed by atoms with Crippen LogP contribution in [0.5, 0.6) is 0 Å². The molecular formula is C14H15N3OS. The highest BCUT2D eigenvalue weighted by Crippen LogP contribution is 2.43. The summed E-state index contributed by atoms with van der Waals surface area (Å²) in [6.45, 7) is 0. The van der Waals surface area contributed by atoms with Gasteiger partial charge in [0.15, 0.2) is 5.82 Å². The number of hydrogen-bond acceptors (Lipinski definition) is 5. The van der Waals surface area contributed by atoms with Crippen molar-refractivity contribution in [2.24, 2.45) is 5.73 Å². The van der Waals surface area contributed by atoms with E-state index in [2.05, 4.69) is 22.3 Å². The predicted molar refractivity (Wildman–Crippen MR) is 73.0 cm³/mol. The molecule has 19 heavy (non-hydrogen) atoms. The van der Waals surface area contributed by atoms with Gasteiger partial charge in [-0.2, -0.15) is 4.98 Å². The van der Waals surface area contributed by atoms with E-state index in [0.717, 1.165) is 36.5 Å². The summed E-state index contributed by atoms with van der Waals surface area (Å²) in [5.41, 5.74) is 7.15. The molecule has 0 spiro atoms. The molecule has 0 amide bonds. The molecule has 2 N–H and O–H groups in total. The van der Waals surface area contributed by atoms with E-state index in [1.807, 2.05) is 23.9 Å². The molecule has 0 saturated heterocycles. The van der Waals surface area contributed by atoms with E-state index in [-0.39, 0.29) is 0 Å². The van der Waals surface area contributed by atoms with Gasteiger partial charge < -0.3 is 10.3 Å². The lowest BCUT2D eigenvalue weighted by atomic mass is 9.87. The van der Waals surface area contributed by atoms with Crippen molar-refractivity contribution in [1.29, 1.82) is 0 Å². The number of rotatable bonds is 2. The molecule has 2 aromatic rings. The van der Waals surface area contributed by atoms with Crippen molar-refractivity contribution >= 4 is 11.8 Å². The maximum absolute atomic E-state index is 6.63. The zero-order chi connectivity index (χ0) is 12.9. The third-order valence-corrected chi connectivity index (χ3v) is 4.96. The second-order valence-corrected chi connectivity index (χ2v) is 6.43. The first-order valence-corrected chi connectivity index (χ1v) is 7.61. The van der Waals surface area contributed by atoms with E-state index < -0.39 is 5.54 Å². The SMILES string of the molecule is NC1(c2noc(C3CC3)n2)CCSc2ccccc21. The first-order chi connectivity index (χ1) is 9.27. The summed E-state index contributed by atoms with van der Waals surface area (Å²) in [6.07, 6.45) is 3.16. The molecule has 1 aromatic heterocycles. The molecule has 1 fully saturated rings. The maximum Gasteiger partial charge on any atom is 0.229 e. The standard InChI is InChI=1S/C14H15N3OS/c15-14(13-16-12(18-17-13)9-5-6-9)7-8-19-11-4-2-1-3-10(11)14/h1-4,9H,5-8,15H2. The summed E-state index contributed by atoms with van der Waals surface area (Å²) >= 11 is 1.84. The minimum absolute atomic E-state index is 0.470. The number of thioether (sulfide) groups is 1. The summed E-state index contributed by atoms with van der Waals surface area (Å²) in [6, 6.07) is 8.26. The van der Waals surface area contributed by atoms with Gasteiger partial charge in [-0.25, -0.2) is 0 Å². The number of hydrogen-bond donors (Lipinski definition) is 1. The second kappa shape index (κ2) is 4.08. The van der Waals surface area contributed by atoms with E-state index in [4.69, 9.17) is 10.3 Å². The van der Waals surface area contributed by atoms with Gasteiger partial charge in [0.05, 0.1) is 0 Å². The van der Waals surface area contributed by atoms with Crippen molar-refractivity contribution in [3.8, 4) is 0 Å². The van der Waals surface area contributed by atoms with Crippen molar-refractivity contribution in [3.05, 3.63) is 41.5 Å². The van der Waals surface area contributed by atoms with Crippen LogP contribution in [0.4, 0.5) is 0 Å². The van der Waals surface area contributed by atoms with Gasteiger partial charge in [0, 0.05) is 16.6 Å². The molecule has 5 heteroatoms. The van der Waals surface area contributed by atoms with E-state index in [0.29, 0.717) is 11.7 Å². The Kier molecular flexibility index (Phi) is 2.47. The highest BCUT2D eigenvalue weighted by atomic mass is 32.2. The molecule has 4 rings (SSSR count). The van der Waals surface area contributed by atoms with Gasteiger partial charge in [0.25, 0.3) is 0 Å². The Hall–Kier alpha value is -1.33. The molecule has 1 aliphatic carbocycles. The lowest BCUT2D eigenvalue weighted by molar-refractivity contribution is 0.358. The monoisotopic (exact) mass is 273 g/mol. The van der Waals surface area contributed by atoms with E-state index in [9.17, 15) is 0 Å². The highest BCUT2D eigenvalue weighted by molar-refractivity contribution is 7.99. The van der Waals surface area contributed by atoms with Crippen LogP contribution < -0.4 is 5.73 Å². The van der Waals surface area contributed by atoms with Crippen LogP contribution in [0.2, 0.25) is 0 Å². The van der Waals surface area contributed by atoms with Gasteiger partial charge in [-0.15, -0.1) is 11.8 Å².